The molecule has 1 unspecified atom stereocenters. The van der Waals surface area contributed by atoms with Crippen LogP contribution in [0.15, 0.2) is 42.5 Å². The SMILES string of the molecule is CCCCCCCCCCCCCCCCCCC[C@H](COP(=O)(OC)Oc1ccccc1Cl)Oc1ccc(C#N)c(F)c1. The molecule has 0 amide bonds. The van der Waals surface area contributed by atoms with Gasteiger partial charge < -0.3 is 9.26 Å². The van der Waals surface area contributed by atoms with Gasteiger partial charge in [-0.15, -0.1) is 0 Å². The number of ether oxygens (including phenoxy) is 1. The molecule has 0 heterocycles. The molecule has 0 aromatic heterocycles. The van der Waals surface area contributed by atoms with Gasteiger partial charge in [0, 0.05) is 13.2 Å². The van der Waals surface area contributed by atoms with E-state index in [0.29, 0.717) is 6.42 Å². The number of benzene rings is 2. The Morgan fingerprint density at radius 3 is 1.89 bits per heavy atom. The summed E-state index contributed by atoms with van der Waals surface area (Å²) in [7, 11) is -2.75. The molecule has 0 N–H and O–H groups in total. The highest BCUT2D eigenvalue weighted by Gasteiger charge is 2.30. The maximum Gasteiger partial charge on any atom is 0.529 e. The minimum absolute atomic E-state index is 0.0599. The molecule has 0 saturated carbocycles. The van der Waals surface area contributed by atoms with Crippen molar-refractivity contribution in [3.05, 3.63) is 58.9 Å². The number of hydrogen-bond donors (Lipinski definition) is 0. The maximum atomic E-state index is 14.2. The number of hydrogen-bond acceptors (Lipinski definition) is 6. The van der Waals surface area contributed by atoms with Gasteiger partial charge in [0.05, 0.1) is 17.2 Å². The van der Waals surface area contributed by atoms with Gasteiger partial charge in [0.2, 0.25) is 0 Å². The first-order valence-electron chi connectivity index (χ1n) is 16.5. The molecule has 0 spiro atoms. The Labute approximate surface area is 270 Å². The van der Waals surface area contributed by atoms with Gasteiger partial charge in [0.15, 0.2) is 0 Å². The third-order valence-electron chi connectivity index (χ3n) is 7.68. The van der Waals surface area contributed by atoms with Crippen LogP contribution in [0.4, 0.5) is 4.39 Å². The lowest BCUT2D eigenvalue weighted by molar-refractivity contribution is 0.0902. The molecule has 2 aromatic rings. The molecular formula is C35H52ClFNO5P. The fourth-order valence-corrected chi connectivity index (χ4v) is 6.27. The Bertz CT molecular complexity index is 1140. The van der Waals surface area contributed by atoms with E-state index in [2.05, 4.69) is 6.92 Å². The molecule has 2 atom stereocenters. The predicted molar refractivity (Wildman–Crippen MR) is 177 cm³/mol. The van der Waals surface area contributed by atoms with Gasteiger partial charge in [-0.2, -0.15) is 5.26 Å². The molecule has 0 fully saturated rings. The molecular weight excluding hydrogens is 600 g/mol. The van der Waals surface area contributed by atoms with Crippen molar-refractivity contribution in [1.29, 1.82) is 5.26 Å². The van der Waals surface area contributed by atoms with E-state index in [1.54, 1.807) is 30.3 Å². The molecule has 0 aliphatic carbocycles. The number of para-hydroxylation sites is 1. The van der Waals surface area contributed by atoms with E-state index >= 15 is 0 Å². The highest BCUT2D eigenvalue weighted by atomic mass is 35.5. The number of rotatable bonds is 26. The minimum atomic E-state index is -3.99. The standard InChI is InChI=1S/C35H52ClFNO5P/c1-3-4-5-6-7-8-9-10-11-12-13-14-15-16-17-18-19-22-32(42-31-26-25-30(28-38)34(37)27-31)29-41-44(39,40-2)43-35-24-21-20-23-33(35)36/h20-21,23-27,32H,3-19,22,29H2,1-2H3/t32-,44?/m1/s1. The average Bonchev–Trinajstić information content (AvgIpc) is 3.02. The lowest BCUT2D eigenvalue weighted by Gasteiger charge is -2.22. The first-order valence-corrected chi connectivity index (χ1v) is 18.4. The Kier molecular flexibility index (Phi) is 20.1. The number of nitrogens with zero attached hydrogens (tertiary/aromatic N) is 1. The van der Waals surface area contributed by atoms with Crippen LogP contribution in [-0.2, 0) is 13.6 Å². The zero-order valence-corrected chi connectivity index (χ0v) is 28.4. The van der Waals surface area contributed by atoms with E-state index in [0.717, 1.165) is 19.3 Å². The monoisotopic (exact) mass is 651 g/mol. The third kappa shape index (κ3) is 16.3. The fourth-order valence-electron chi connectivity index (χ4n) is 5.06. The second kappa shape index (κ2) is 23.3. The lowest BCUT2D eigenvalue weighted by Crippen LogP contribution is -2.23. The summed E-state index contributed by atoms with van der Waals surface area (Å²) in [6.07, 6.45) is 21.9. The average molecular weight is 652 g/mol. The molecule has 0 radical (unpaired) electrons. The van der Waals surface area contributed by atoms with Gasteiger partial charge in [-0.3, -0.25) is 9.05 Å². The van der Waals surface area contributed by atoms with Crippen molar-refractivity contribution in [2.45, 2.75) is 129 Å². The summed E-state index contributed by atoms with van der Waals surface area (Å²) in [6.45, 7) is 2.16. The Morgan fingerprint density at radius 2 is 1.39 bits per heavy atom. The van der Waals surface area contributed by atoms with Gasteiger partial charge in [-0.05, 0) is 37.1 Å². The first kappa shape index (κ1) is 38.1. The molecule has 0 bridgehead atoms. The topological polar surface area (TPSA) is 77.8 Å². The molecule has 0 aliphatic heterocycles. The van der Waals surface area contributed by atoms with Crippen LogP contribution in [-0.4, -0.2) is 19.8 Å². The van der Waals surface area contributed by atoms with Gasteiger partial charge in [0.25, 0.3) is 0 Å². The predicted octanol–water partition coefficient (Wildman–Crippen LogP) is 12.0. The van der Waals surface area contributed by atoms with Crippen molar-refractivity contribution >= 4 is 19.4 Å². The van der Waals surface area contributed by atoms with Crippen LogP contribution >= 0.6 is 19.4 Å². The van der Waals surface area contributed by atoms with Crippen molar-refractivity contribution in [3.63, 3.8) is 0 Å². The molecule has 2 aromatic carbocycles. The highest BCUT2D eigenvalue weighted by Crippen LogP contribution is 2.50. The van der Waals surface area contributed by atoms with E-state index < -0.39 is 19.7 Å². The summed E-state index contributed by atoms with van der Waals surface area (Å²) in [6, 6.07) is 12.5. The third-order valence-corrected chi connectivity index (χ3v) is 9.33. The van der Waals surface area contributed by atoms with Crippen LogP contribution in [0.25, 0.3) is 0 Å². The van der Waals surface area contributed by atoms with Gasteiger partial charge in [-0.25, -0.2) is 8.96 Å². The second-order valence-corrected chi connectivity index (χ2v) is 13.5. The molecule has 0 aliphatic rings. The Balaban J connectivity index is 1.71. The number of phosphoric acid groups is 1. The van der Waals surface area contributed by atoms with E-state index in [9.17, 15) is 8.96 Å². The van der Waals surface area contributed by atoms with Gasteiger partial charge in [-0.1, -0.05) is 133 Å². The molecule has 2 rings (SSSR count). The zero-order chi connectivity index (χ0) is 31.9. The van der Waals surface area contributed by atoms with E-state index in [1.807, 2.05) is 6.07 Å². The largest absolute Gasteiger partial charge is 0.529 e. The van der Waals surface area contributed by atoms with Crippen molar-refractivity contribution in [2.24, 2.45) is 0 Å². The fraction of sp³-hybridized carbons (Fsp3) is 0.629. The van der Waals surface area contributed by atoms with Crippen LogP contribution in [0.2, 0.25) is 5.02 Å². The maximum absolute atomic E-state index is 14.2. The van der Waals surface area contributed by atoms with Crippen molar-refractivity contribution in [3.8, 4) is 17.6 Å². The van der Waals surface area contributed by atoms with E-state index in [1.165, 1.54) is 109 Å². The number of halogens is 2. The summed E-state index contributed by atoms with van der Waals surface area (Å²) < 4.78 is 49.6. The van der Waals surface area contributed by atoms with Crippen molar-refractivity contribution in [2.75, 3.05) is 13.7 Å². The van der Waals surface area contributed by atoms with Crippen molar-refractivity contribution in [1.82, 2.24) is 0 Å². The summed E-state index contributed by atoms with van der Waals surface area (Å²) in [5, 5.41) is 9.30. The zero-order valence-electron chi connectivity index (χ0n) is 26.7. The van der Waals surface area contributed by atoms with Crippen LogP contribution in [0.1, 0.15) is 128 Å². The minimum Gasteiger partial charge on any atom is -0.488 e. The van der Waals surface area contributed by atoms with E-state index in [4.69, 9.17) is 35.2 Å². The number of phosphoric ester groups is 1. The van der Waals surface area contributed by atoms with Crippen molar-refractivity contribution < 1.29 is 27.3 Å². The summed E-state index contributed by atoms with van der Waals surface area (Å²) in [5.74, 6) is -0.215. The smallest absolute Gasteiger partial charge is 0.488 e. The molecule has 9 heteroatoms. The van der Waals surface area contributed by atoms with Gasteiger partial charge in [0.1, 0.15) is 29.5 Å². The Morgan fingerprint density at radius 1 is 0.841 bits per heavy atom. The second-order valence-electron chi connectivity index (χ2n) is 11.4. The molecule has 246 valence electrons. The van der Waals surface area contributed by atoms with E-state index in [-0.39, 0.29) is 28.7 Å². The molecule has 0 saturated heterocycles. The van der Waals surface area contributed by atoms with Gasteiger partial charge >= 0.3 is 7.82 Å². The lowest BCUT2D eigenvalue weighted by atomic mass is 10.0. The normalized spacial score (nSPS) is 13.2. The number of nitriles is 1. The highest BCUT2D eigenvalue weighted by molar-refractivity contribution is 7.48. The Hall–Kier alpha value is -2.10. The van der Waals surface area contributed by atoms with Crippen LogP contribution in [0, 0.1) is 17.1 Å². The number of unbranched alkanes of at least 4 members (excludes halogenated alkanes) is 16. The van der Waals surface area contributed by atoms with Crippen LogP contribution in [0.5, 0.6) is 11.5 Å². The quantitative estimate of drug-likeness (QED) is 0.0744. The summed E-state index contributed by atoms with van der Waals surface area (Å²) in [5.41, 5.74) is -0.0599. The molecule has 6 nitrogen and oxygen atoms in total. The summed E-state index contributed by atoms with van der Waals surface area (Å²) in [4.78, 5) is 0. The summed E-state index contributed by atoms with van der Waals surface area (Å²) >= 11 is 6.14. The first-order chi connectivity index (χ1) is 21.4. The van der Waals surface area contributed by atoms with Crippen LogP contribution < -0.4 is 9.26 Å². The molecule has 44 heavy (non-hydrogen) atoms. The van der Waals surface area contributed by atoms with Crippen LogP contribution in [0.3, 0.4) is 0 Å².